The second-order valence-electron chi connectivity index (χ2n) is 4.39. The number of benzene rings is 2. The highest BCUT2D eigenvalue weighted by Gasteiger charge is 2.30. The first-order valence-corrected chi connectivity index (χ1v) is 6.51. The lowest BCUT2D eigenvalue weighted by Gasteiger charge is -2.08. The SMILES string of the molecule is COc1ccc(C#Cc2ccc(OC(F)(F)F)cc2)cc1OC. The maximum Gasteiger partial charge on any atom is 0.573 e. The first kappa shape index (κ1) is 16.6. The van der Waals surface area contributed by atoms with Gasteiger partial charge in [0.25, 0.3) is 0 Å². The summed E-state index contributed by atoms with van der Waals surface area (Å²) in [6.07, 6.45) is -4.70. The van der Waals surface area contributed by atoms with E-state index in [1.807, 2.05) is 0 Å². The summed E-state index contributed by atoms with van der Waals surface area (Å²) in [6.45, 7) is 0. The van der Waals surface area contributed by atoms with Gasteiger partial charge in [0.2, 0.25) is 0 Å². The molecule has 0 amide bonds. The lowest BCUT2D eigenvalue weighted by molar-refractivity contribution is -0.274. The van der Waals surface area contributed by atoms with Crippen molar-refractivity contribution in [2.45, 2.75) is 6.36 Å². The number of rotatable bonds is 3. The zero-order chi connectivity index (χ0) is 16.9. The summed E-state index contributed by atoms with van der Waals surface area (Å²) in [5, 5.41) is 0. The van der Waals surface area contributed by atoms with Gasteiger partial charge >= 0.3 is 6.36 Å². The summed E-state index contributed by atoms with van der Waals surface area (Å²) in [5.74, 6) is 6.62. The third-order valence-electron chi connectivity index (χ3n) is 2.82. The number of alkyl halides is 3. The predicted octanol–water partition coefficient (Wildman–Crippen LogP) is 4.00. The molecule has 0 radical (unpaired) electrons. The minimum Gasteiger partial charge on any atom is -0.493 e. The topological polar surface area (TPSA) is 27.7 Å². The highest BCUT2D eigenvalue weighted by molar-refractivity contribution is 5.50. The largest absolute Gasteiger partial charge is 0.573 e. The van der Waals surface area contributed by atoms with E-state index in [0.717, 1.165) is 0 Å². The molecule has 2 aromatic rings. The van der Waals surface area contributed by atoms with Gasteiger partial charge in [-0.15, -0.1) is 13.2 Å². The van der Waals surface area contributed by atoms with Crippen LogP contribution in [0, 0.1) is 11.8 Å². The van der Waals surface area contributed by atoms with E-state index in [-0.39, 0.29) is 5.75 Å². The van der Waals surface area contributed by atoms with E-state index < -0.39 is 6.36 Å². The zero-order valence-electron chi connectivity index (χ0n) is 12.4. The lowest BCUT2D eigenvalue weighted by atomic mass is 10.1. The van der Waals surface area contributed by atoms with Crippen LogP contribution in [0.2, 0.25) is 0 Å². The van der Waals surface area contributed by atoms with Gasteiger partial charge in [-0.1, -0.05) is 11.8 Å². The van der Waals surface area contributed by atoms with Crippen molar-refractivity contribution in [1.29, 1.82) is 0 Å². The molecule has 2 rings (SSSR count). The normalized spacial score (nSPS) is 10.5. The highest BCUT2D eigenvalue weighted by atomic mass is 19.4. The van der Waals surface area contributed by atoms with Crippen molar-refractivity contribution in [3.8, 4) is 29.1 Å². The van der Waals surface area contributed by atoms with Gasteiger partial charge in [-0.05, 0) is 42.5 Å². The molecule has 0 aromatic heterocycles. The first-order valence-electron chi connectivity index (χ1n) is 6.51. The molecule has 0 aliphatic carbocycles. The fraction of sp³-hybridized carbons (Fsp3) is 0.176. The Balaban J connectivity index is 2.16. The molecule has 120 valence electrons. The summed E-state index contributed by atoms with van der Waals surface area (Å²) in [7, 11) is 3.06. The van der Waals surface area contributed by atoms with Crippen LogP contribution in [0.25, 0.3) is 0 Å². The zero-order valence-corrected chi connectivity index (χ0v) is 12.4. The molecular formula is C17H13F3O3. The minimum atomic E-state index is -4.70. The second-order valence-corrected chi connectivity index (χ2v) is 4.39. The summed E-state index contributed by atoms with van der Waals surface area (Å²) in [6, 6.07) is 10.5. The van der Waals surface area contributed by atoms with Crippen molar-refractivity contribution < 1.29 is 27.4 Å². The Morgan fingerprint density at radius 2 is 1.35 bits per heavy atom. The van der Waals surface area contributed by atoms with Crippen molar-refractivity contribution in [3.63, 3.8) is 0 Å². The van der Waals surface area contributed by atoms with Crippen LogP contribution >= 0.6 is 0 Å². The summed E-state index contributed by atoms with van der Waals surface area (Å²) in [5.41, 5.74) is 1.26. The molecular weight excluding hydrogens is 309 g/mol. The average molecular weight is 322 g/mol. The third kappa shape index (κ3) is 4.85. The predicted molar refractivity (Wildman–Crippen MR) is 78.7 cm³/mol. The Morgan fingerprint density at radius 1 is 0.783 bits per heavy atom. The average Bonchev–Trinajstić information content (AvgIpc) is 2.52. The summed E-state index contributed by atoms with van der Waals surface area (Å²) < 4.78 is 50.3. The molecule has 0 spiro atoms. The van der Waals surface area contributed by atoms with Crippen LogP contribution in [0.3, 0.4) is 0 Å². The summed E-state index contributed by atoms with van der Waals surface area (Å²) in [4.78, 5) is 0. The Hall–Kier alpha value is -2.81. The van der Waals surface area contributed by atoms with E-state index in [4.69, 9.17) is 9.47 Å². The van der Waals surface area contributed by atoms with Gasteiger partial charge in [0, 0.05) is 11.1 Å². The first-order chi connectivity index (χ1) is 10.9. The quantitative estimate of drug-likeness (QED) is 0.800. The van der Waals surface area contributed by atoms with Crippen LogP contribution < -0.4 is 14.2 Å². The molecule has 2 aromatic carbocycles. The van der Waals surface area contributed by atoms with E-state index in [9.17, 15) is 13.2 Å². The Morgan fingerprint density at radius 3 is 1.91 bits per heavy atom. The maximum atomic E-state index is 12.1. The Bertz CT molecular complexity index is 725. The van der Waals surface area contributed by atoms with Gasteiger partial charge in [-0.3, -0.25) is 0 Å². The third-order valence-corrected chi connectivity index (χ3v) is 2.82. The van der Waals surface area contributed by atoms with Crippen LogP contribution in [0.15, 0.2) is 42.5 Å². The molecule has 0 bridgehead atoms. The van der Waals surface area contributed by atoms with Crippen molar-refractivity contribution in [3.05, 3.63) is 53.6 Å². The molecule has 23 heavy (non-hydrogen) atoms. The molecule has 0 aliphatic rings. The lowest BCUT2D eigenvalue weighted by Crippen LogP contribution is -2.16. The van der Waals surface area contributed by atoms with Gasteiger partial charge in [0.15, 0.2) is 11.5 Å². The van der Waals surface area contributed by atoms with Gasteiger partial charge < -0.3 is 14.2 Å². The highest BCUT2D eigenvalue weighted by Crippen LogP contribution is 2.27. The van der Waals surface area contributed by atoms with E-state index in [1.165, 1.54) is 38.5 Å². The molecule has 0 N–H and O–H groups in total. The van der Waals surface area contributed by atoms with E-state index in [1.54, 1.807) is 18.2 Å². The monoisotopic (exact) mass is 322 g/mol. The Labute approximate surface area is 131 Å². The van der Waals surface area contributed by atoms with Crippen LogP contribution in [0.5, 0.6) is 17.2 Å². The summed E-state index contributed by atoms with van der Waals surface area (Å²) >= 11 is 0. The van der Waals surface area contributed by atoms with E-state index in [0.29, 0.717) is 22.6 Å². The van der Waals surface area contributed by atoms with Crippen LogP contribution in [-0.2, 0) is 0 Å². The molecule has 0 heterocycles. The van der Waals surface area contributed by atoms with Gasteiger partial charge in [0.1, 0.15) is 5.75 Å². The Kier molecular flexibility index (Phi) is 5.02. The molecule has 0 unspecified atom stereocenters. The van der Waals surface area contributed by atoms with Crippen LogP contribution in [-0.4, -0.2) is 20.6 Å². The maximum absolute atomic E-state index is 12.1. The van der Waals surface area contributed by atoms with Crippen molar-refractivity contribution >= 4 is 0 Å². The fourth-order valence-electron chi connectivity index (χ4n) is 1.80. The van der Waals surface area contributed by atoms with Crippen molar-refractivity contribution in [2.75, 3.05) is 14.2 Å². The molecule has 0 saturated heterocycles. The van der Waals surface area contributed by atoms with E-state index in [2.05, 4.69) is 16.6 Å². The number of halogens is 3. The van der Waals surface area contributed by atoms with Gasteiger partial charge in [-0.2, -0.15) is 0 Å². The number of hydrogen-bond donors (Lipinski definition) is 0. The molecule has 6 heteroatoms. The second kappa shape index (κ2) is 6.97. The molecule has 0 aliphatic heterocycles. The smallest absolute Gasteiger partial charge is 0.493 e. The molecule has 0 fully saturated rings. The standard InChI is InChI=1S/C17H13F3O3/c1-21-15-10-7-13(11-16(15)22-2)4-3-12-5-8-14(9-6-12)23-17(18,19)20/h5-11H,1-2H3. The molecule has 0 atom stereocenters. The van der Waals surface area contributed by atoms with Crippen molar-refractivity contribution in [1.82, 2.24) is 0 Å². The number of ether oxygens (including phenoxy) is 3. The van der Waals surface area contributed by atoms with Crippen LogP contribution in [0.4, 0.5) is 13.2 Å². The van der Waals surface area contributed by atoms with Gasteiger partial charge in [0.05, 0.1) is 14.2 Å². The van der Waals surface area contributed by atoms with E-state index >= 15 is 0 Å². The van der Waals surface area contributed by atoms with Crippen LogP contribution in [0.1, 0.15) is 11.1 Å². The molecule has 0 saturated carbocycles. The number of methoxy groups -OCH3 is 2. The minimum absolute atomic E-state index is 0.283. The fourth-order valence-corrected chi connectivity index (χ4v) is 1.80. The number of hydrogen-bond acceptors (Lipinski definition) is 3. The van der Waals surface area contributed by atoms with Crippen molar-refractivity contribution in [2.24, 2.45) is 0 Å². The molecule has 3 nitrogen and oxygen atoms in total. The van der Waals surface area contributed by atoms with Gasteiger partial charge in [-0.25, -0.2) is 0 Å².